The average Bonchev–Trinajstić information content (AvgIpc) is 3.58. The van der Waals surface area contributed by atoms with Gasteiger partial charge in [0.15, 0.2) is 5.58 Å². The number of carbonyl (C=O) groups excluding carboxylic acids is 2. The topological polar surface area (TPSA) is 113 Å². The molecule has 10 heteroatoms. The zero-order valence-corrected chi connectivity index (χ0v) is 22.9. The van der Waals surface area contributed by atoms with E-state index < -0.39 is 23.8 Å². The van der Waals surface area contributed by atoms with Gasteiger partial charge in [-0.15, -0.1) is 0 Å². The third-order valence-corrected chi connectivity index (χ3v) is 8.99. The molecule has 40 heavy (non-hydrogen) atoms. The molecule has 0 spiro atoms. The Bertz CT molecular complexity index is 1450. The van der Waals surface area contributed by atoms with Gasteiger partial charge in [-0.1, -0.05) is 41.7 Å². The zero-order chi connectivity index (χ0) is 27.8. The number of amides is 2. The van der Waals surface area contributed by atoms with Gasteiger partial charge in [-0.05, 0) is 55.5 Å². The summed E-state index contributed by atoms with van der Waals surface area (Å²) < 4.78 is 11.8. The van der Waals surface area contributed by atoms with Crippen molar-refractivity contribution < 1.29 is 28.8 Å². The number of rotatable bonds is 7. The van der Waals surface area contributed by atoms with Gasteiger partial charge in [0, 0.05) is 42.0 Å². The van der Waals surface area contributed by atoms with Crippen molar-refractivity contribution in [2.24, 2.45) is 11.8 Å². The summed E-state index contributed by atoms with van der Waals surface area (Å²) in [7, 11) is 0. The molecule has 2 fully saturated rings. The molecule has 2 amide bonds. The van der Waals surface area contributed by atoms with Crippen LogP contribution in [0.4, 0.5) is 0 Å². The molecule has 1 aromatic heterocycles. The van der Waals surface area contributed by atoms with E-state index in [1.54, 1.807) is 21.9 Å². The molecule has 6 rings (SSSR count). The Morgan fingerprint density at radius 3 is 2.62 bits per heavy atom. The van der Waals surface area contributed by atoms with Gasteiger partial charge in [0.2, 0.25) is 11.8 Å². The highest BCUT2D eigenvalue weighted by Gasteiger charge is 2.43. The number of carbonyl (C=O) groups is 3. The zero-order valence-electron chi connectivity index (χ0n) is 22.2. The Morgan fingerprint density at radius 1 is 1.05 bits per heavy atom. The summed E-state index contributed by atoms with van der Waals surface area (Å²) in [5.41, 5.74) is 2.99. The van der Waals surface area contributed by atoms with Gasteiger partial charge in [0.05, 0.1) is 17.9 Å². The van der Waals surface area contributed by atoms with Gasteiger partial charge in [0.25, 0.3) is 0 Å². The number of aliphatic carboxylic acids is 1. The second-order valence-electron chi connectivity index (χ2n) is 10.9. The highest BCUT2D eigenvalue weighted by atomic mass is 35.5. The van der Waals surface area contributed by atoms with Crippen LogP contribution < -0.4 is 4.74 Å². The number of halogens is 1. The molecule has 3 aromatic rings. The number of likely N-dealkylation sites (tertiary alicyclic amines) is 1. The molecule has 1 unspecified atom stereocenters. The monoisotopic (exact) mass is 565 g/mol. The lowest BCUT2D eigenvalue weighted by Gasteiger charge is -2.43. The molecule has 3 aliphatic rings. The van der Waals surface area contributed by atoms with E-state index >= 15 is 0 Å². The molecular formula is C30H32ClN3O6. The van der Waals surface area contributed by atoms with E-state index in [2.05, 4.69) is 5.16 Å². The van der Waals surface area contributed by atoms with Crippen LogP contribution in [0.2, 0.25) is 5.02 Å². The molecule has 0 bridgehead atoms. The van der Waals surface area contributed by atoms with Crippen molar-refractivity contribution in [1.29, 1.82) is 0 Å². The number of benzene rings is 2. The Morgan fingerprint density at radius 2 is 1.85 bits per heavy atom. The molecule has 210 valence electrons. The second kappa shape index (κ2) is 11.1. The fraction of sp³-hybridized carbons (Fsp3) is 0.467. The highest BCUT2D eigenvalue weighted by molar-refractivity contribution is 6.31. The Labute approximate surface area is 237 Å². The molecular weight excluding hydrogens is 534 g/mol. The largest absolute Gasteiger partial charge is 0.487 e. The number of aromatic nitrogens is 1. The molecule has 9 nitrogen and oxygen atoms in total. The first-order valence-electron chi connectivity index (χ1n) is 14.0. The summed E-state index contributed by atoms with van der Waals surface area (Å²) >= 11 is 6.70. The van der Waals surface area contributed by atoms with E-state index in [9.17, 15) is 19.5 Å². The maximum atomic E-state index is 14.1. The van der Waals surface area contributed by atoms with Crippen LogP contribution in [-0.2, 0) is 27.4 Å². The lowest BCUT2D eigenvalue weighted by atomic mass is 9.77. The van der Waals surface area contributed by atoms with E-state index in [0.717, 1.165) is 35.8 Å². The highest BCUT2D eigenvalue weighted by Crippen LogP contribution is 2.43. The molecule has 3 heterocycles. The number of hydrogen-bond acceptors (Lipinski definition) is 6. The molecule has 0 radical (unpaired) electrons. The van der Waals surface area contributed by atoms with E-state index in [4.69, 9.17) is 20.9 Å². The van der Waals surface area contributed by atoms with Gasteiger partial charge in [-0.2, -0.15) is 0 Å². The summed E-state index contributed by atoms with van der Waals surface area (Å²) in [5, 5.41) is 15.5. The van der Waals surface area contributed by atoms with Crippen molar-refractivity contribution in [2.45, 2.75) is 57.6 Å². The van der Waals surface area contributed by atoms with Crippen LogP contribution in [0.15, 0.2) is 40.9 Å². The molecule has 1 aliphatic carbocycles. The molecule has 2 aromatic carbocycles. The normalized spacial score (nSPS) is 22.9. The average molecular weight is 566 g/mol. The lowest BCUT2D eigenvalue weighted by Crippen LogP contribution is -2.50. The van der Waals surface area contributed by atoms with Crippen LogP contribution in [-0.4, -0.2) is 57.5 Å². The quantitative estimate of drug-likeness (QED) is 0.429. The summed E-state index contributed by atoms with van der Waals surface area (Å²) in [4.78, 5) is 42.5. The number of hydrogen-bond donors (Lipinski definition) is 1. The summed E-state index contributed by atoms with van der Waals surface area (Å²) in [6.45, 7) is 1.48. The fourth-order valence-corrected chi connectivity index (χ4v) is 6.85. The fourth-order valence-electron chi connectivity index (χ4n) is 6.59. The number of nitrogens with zero attached hydrogens (tertiary/aromatic N) is 3. The van der Waals surface area contributed by atoms with Crippen molar-refractivity contribution in [1.82, 2.24) is 15.0 Å². The minimum Gasteiger partial charge on any atom is -0.487 e. The van der Waals surface area contributed by atoms with Crippen LogP contribution >= 0.6 is 11.6 Å². The molecule has 3 atom stereocenters. The number of fused-ring (bicyclic) bond motifs is 2. The van der Waals surface area contributed by atoms with Crippen molar-refractivity contribution in [3.05, 3.63) is 58.2 Å². The van der Waals surface area contributed by atoms with Crippen LogP contribution in [0.3, 0.4) is 0 Å². The summed E-state index contributed by atoms with van der Waals surface area (Å²) in [6.07, 6.45) is 4.44. The molecule has 1 N–H and O–H groups in total. The first-order valence-corrected chi connectivity index (χ1v) is 14.4. The van der Waals surface area contributed by atoms with E-state index in [0.29, 0.717) is 67.4 Å². The Balaban J connectivity index is 1.36. The lowest BCUT2D eigenvalue weighted by molar-refractivity contribution is -0.154. The molecule has 2 aliphatic heterocycles. The van der Waals surface area contributed by atoms with Crippen molar-refractivity contribution in [3.63, 3.8) is 0 Å². The number of ether oxygens (including phenoxy) is 1. The number of carboxylic acid groups (broad SMARTS) is 1. The summed E-state index contributed by atoms with van der Waals surface area (Å²) in [5.74, 6) is -1.75. The Kier molecular flexibility index (Phi) is 7.40. The second-order valence-corrected chi connectivity index (χ2v) is 11.3. The summed E-state index contributed by atoms with van der Waals surface area (Å²) in [6, 6.07) is 10.7. The van der Waals surface area contributed by atoms with Gasteiger partial charge in [-0.25, -0.2) is 0 Å². The minimum atomic E-state index is -0.923. The van der Waals surface area contributed by atoms with E-state index in [1.807, 2.05) is 24.3 Å². The SMILES string of the molecule is O=C(O)[C@@H]1CCCCC1C(=O)N1CCc2c(Cl)ccc(OCc3noc4ccccc34)c2[C@H]1CN1CCCC1=O. The van der Waals surface area contributed by atoms with Gasteiger partial charge < -0.3 is 24.2 Å². The van der Waals surface area contributed by atoms with Crippen LogP contribution in [0.5, 0.6) is 5.75 Å². The van der Waals surface area contributed by atoms with Crippen molar-refractivity contribution in [2.75, 3.05) is 19.6 Å². The molecule has 1 saturated carbocycles. The predicted molar refractivity (Wildman–Crippen MR) is 147 cm³/mol. The van der Waals surface area contributed by atoms with Crippen LogP contribution in [0, 0.1) is 11.8 Å². The first-order chi connectivity index (χ1) is 19.4. The predicted octanol–water partition coefficient (Wildman–Crippen LogP) is 5.00. The maximum Gasteiger partial charge on any atom is 0.307 e. The van der Waals surface area contributed by atoms with E-state index in [-0.39, 0.29) is 18.4 Å². The third-order valence-electron chi connectivity index (χ3n) is 8.64. The van der Waals surface area contributed by atoms with Crippen LogP contribution in [0.25, 0.3) is 11.0 Å². The van der Waals surface area contributed by atoms with Crippen molar-refractivity contribution in [3.8, 4) is 5.75 Å². The number of para-hydroxylation sites is 1. The minimum absolute atomic E-state index is 0.0548. The van der Waals surface area contributed by atoms with Gasteiger partial charge in [0.1, 0.15) is 18.1 Å². The number of carboxylic acids is 1. The van der Waals surface area contributed by atoms with E-state index in [1.165, 1.54) is 0 Å². The standard InChI is InChI=1S/C30H32ClN3O6/c31-22-11-12-26(39-17-23-21-8-3-4-9-25(21)40-32-23)28-20(22)13-15-34(24(28)16-33-14-5-10-27(33)35)29(36)18-6-1-2-7-19(18)30(37)38/h3-4,8-9,11-12,18-19,24H,1-2,5-7,10,13-17H2,(H,37,38)/t18?,19-,24-/m1/s1. The van der Waals surface area contributed by atoms with Gasteiger partial charge in [-0.3, -0.25) is 14.4 Å². The van der Waals surface area contributed by atoms with Crippen LogP contribution in [0.1, 0.15) is 61.4 Å². The first kappa shape index (κ1) is 26.6. The Hall–Kier alpha value is -3.59. The van der Waals surface area contributed by atoms with Crippen molar-refractivity contribution >= 4 is 40.4 Å². The third kappa shape index (κ3) is 4.91. The van der Waals surface area contributed by atoms with Gasteiger partial charge >= 0.3 is 5.97 Å². The molecule has 1 saturated heterocycles. The maximum absolute atomic E-state index is 14.1. The smallest absolute Gasteiger partial charge is 0.307 e.